The van der Waals surface area contributed by atoms with Gasteiger partial charge in [-0.2, -0.15) is 11.8 Å². The Morgan fingerprint density at radius 3 is 2.48 bits per heavy atom. The van der Waals surface area contributed by atoms with E-state index in [4.69, 9.17) is 4.74 Å². The third-order valence-electron chi connectivity index (χ3n) is 2.77. The second kappa shape index (κ2) is 20.3. The third kappa shape index (κ3) is 18.3. The lowest BCUT2D eigenvalue weighted by atomic mass is 10.3. The van der Waals surface area contributed by atoms with Gasteiger partial charge in [-0.15, -0.1) is 24.0 Å². The lowest BCUT2D eigenvalue weighted by Crippen LogP contribution is -2.37. The number of unbranched alkanes of at least 4 members (excludes halogenated alkanes) is 2. The highest BCUT2D eigenvalue weighted by Crippen LogP contribution is 1.97. The Balaban J connectivity index is 0. The Labute approximate surface area is 152 Å². The fourth-order valence-electron chi connectivity index (χ4n) is 1.63. The van der Waals surface area contributed by atoms with Crippen LogP contribution in [0.25, 0.3) is 0 Å². The summed E-state index contributed by atoms with van der Waals surface area (Å²) in [6.45, 7) is 8.71. The molecule has 21 heavy (non-hydrogen) atoms. The van der Waals surface area contributed by atoms with Gasteiger partial charge >= 0.3 is 0 Å². The van der Waals surface area contributed by atoms with Gasteiger partial charge in [0, 0.05) is 32.8 Å². The number of nitrogens with one attached hydrogen (secondary N) is 2. The van der Waals surface area contributed by atoms with Crippen molar-refractivity contribution >= 4 is 41.7 Å². The summed E-state index contributed by atoms with van der Waals surface area (Å²) in [5, 5.41) is 6.66. The van der Waals surface area contributed by atoms with E-state index in [1.165, 1.54) is 25.0 Å². The molecular weight excluding hydrogens is 397 g/mol. The molecule has 0 aromatic carbocycles. The number of nitrogens with zero attached hydrogens (tertiary/aromatic N) is 1. The summed E-state index contributed by atoms with van der Waals surface area (Å²) in [7, 11) is 0. The van der Waals surface area contributed by atoms with Crippen molar-refractivity contribution in [3.8, 4) is 0 Å². The van der Waals surface area contributed by atoms with Crippen LogP contribution in [0.5, 0.6) is 0 Å². The summed E-state index contributed by atoms with van der Waals surface area (Å²) in [5.41, 5.74) is 0. The fourth-order valence-corrected chi connectivity index (χ4v) is 2.12. The Morgan fingerprint density at radius 2 is 1.81 bits per heavy atom. The zero-order valence-corrected chi connectivity index (χ0v) is 17.1. The van der Waals surface area contributed by atoms with E-state index in [-0.39, 0.29) is 24.0 Å². The molecule has 0 bridgehead atoms. The SMILES string of the molecule is CCCCOCCCN=C(NCC)NCCCCSC.I. The second-order valence-corrected chi connectivity index (χ2v) is 5.69. The molecule has 0 heterocycles. The van der Waals surface area contributed by atoms with Crippen molar-refractivity contribution in [3.05, 3.63) is 0 Å². The molecule has 0 spiro atoms. The van der Waals surface area contributed by atoms with Crippen LogP contribution in [0.3, 0.4) is 0 Å². The Kier molecular flexibility index (Phi) is 22.8. The number of guanidine groups is 1. The molecule has 0 unspecified atom stereocenters. The van der Waals surface area contributed by atoms with Crippen LogP contribution in [0.1, 0.15) is 46.0 Å². The van der Waals surface area contributed by atoms with Crippen LogP contribution >= 0.6 is 35.7 Å². The van der Waals surface area contributed by atoms with Gasteiger partial charge in [0.2, 0.25) is 0 Å². The number of halogens is 1. The van der Waals surface area contributed by atoms with Crippen LogP contribution in [-0.2, 0) is 4.74 Å². The Hall–Kier alpha value is 0.310. The molecule has 2 N–H and O–H groups in total. The van der Waals surface area contributed by atoms with E-state index in [0.29, 0.717) is 0 Å². The molecule has 0 aliphatic heterocycles. The topological polar surface area (TPSA) is 45.6 Å². The van der Waals surface area contributed by atoms with Gasteiger partial charge in [0.25, 0.3) is 0 Å². The minimum Gasteiger partial charge on any atom is -0.381 e. The molecule has 0 aromatic heterocycles. The fraction of sp³-hybridized carbons (Fsp3) is 0.933. The quantitative estimate of drug-likeness (QED) is 0.203. The van der Waals surface area contributed by atoms with Crippen LogP contribution in [0, 0.1) is 0 Å². The lowest BCUT2D eigenvalue weighted by molar-refractivity contribution is 0.130. The van der Waals surface area contributed by atoms with Crippen molar-refractivity contribution in [2.24, 2.45) is 4.99 Å². The van der Waals surface area contributed by atoms with E-state index in [1.807, 2.05) is 11.8 Å². The van der Waals surface area contributed by atoms with Crippen molar-refractivity contribution < 1.29 is 4.74 Å². The van der Waals surface area contributed by atoms with Gasteiger partial charge in [0.05, 0.1) is 0 Å². The summed E-state index contributed by atoms with van der Waals surface area (Å²) in [5.74, 6) is 2.18. The number of hydrogen-bond donors (Lipinski definition) is 2. The van der Waals surface area contributed by atoms with Gasteiger partial charge in [-0.1, -0.05) is 13.3 Å². The van der Waals surface area contributed by atoms with Crippen molar-refractivity contribution in [2.75, 3.05) is 44.9 Å². The lowest BCUT2D eigenvalue weighted by Gasteiger charge is -2.11. The molecule has 0 fully saturated rings. The minimum atomic E-state index is 0. The predicted molar refractivity (Wildman–Crippen MR) is 107 cm³/mol. The van der Waals surface area contributed by atoms with Crippen molar-refractivity contribution in [1.29, 1.82) is 0 Å². The molecule has 0 aliphatic carbocycles. The summed E-state index contributed by atoms with van der Waals surface area (Å²) >= 11 is 1.91. The molecule has 0 aliphatic rings. The average molecular weight is 431 g/mol. The number of rotatable bonds is 13. The predicted octanol–water partition coefficient (Wildman–Crippen LogP) is 3.51. The maximum Gasteiger partial charge on any atom is 0.191 e. The van der Waals surface area contributed by atoms with Crippen LogP contribution in [0.15, 0.2) is 4.99 Å². The van der Waals surface area contributed by atoms with E-state index >= 15 is 0 Å². The Bertz CT molecular complexity index is 231. The second-order valence-electron chi connectivity index (χ2n) is 4.71. The van der Waals surface area contributed by atoms with E-state index < -0.39 is 0 Å². The first kappa shape index (κ1) is 23.6. The molecule has 6 heteroatoms. The summed E-state index contributed by atoms with van der Waals surface area (Å²) in [6.07, 6.45) is 7.96. The van der Waals surface area contributed by atoms with Crippen molar-refractivity contribution in [2.45, 2.75) is 46.0 Å². The van der Waals surface area contributed by atoms with Crippen LogP contribution in [-0.4, -0.2) is 50.8 Å². The molecule has 128 valence electrons. The van der Waals surface area contributed by atoms with E-state index in [1.54, 1.807) is 0 Å². The molecule has 0 saturated heterocycles. The monoisotopic (exact) mass is 431 g/mol. The van der Waals surface area contributed by atoms with Gasteiger partial charge in [-0.25, -0.2) is 0 Å². The first-order chi connectivity index (χ1) is 9.85. The molecule has 0 atom stereocenters. The van der Waals surface area contributed by atoms with E-state index in [9.17, 15) is 0 Å². The van der Waals surface area contributed by atoms with Crippen LogP contribution in [0.2, 0.25) is 0 Å². The molecule has 0 aromatic rings. The zero-order valence-electron chi connectivity index (χ0n) is 14.0. The van der Waals surface area contributed by atoms with Gasteiger partial charge < -0.3 is 15.4 Å². The van der Waals surface area contributed by atoms with Crippen LogP contribution < -0.4 is 10.6 Å². The normalized spacial score (nSPS) is 11.1. The van der Waals surface area contributed by atoms with Gasteiger partial charge in [0.15, 0.2) is 5.96 Å². The molecule has 0 radical (unpaired) electrons. The smallest absolute Gasteiger partial charge is 0.191 e. The highest BCUT2D eigenvalue weighted by Gasteiger charge is 1.96. The third-order valence-corrected chi connectivity index (χ3v) is 3.47. The Morgan fingerprint density at radius 1 is 1.05 bits per heavy atom. The minimum absolute atomic E-state index is 0. The van der Waals surface area contributed by atoms with E-state index in [0.717, 1.165) is 51.6 Å². The molecule has 4 nitrogen and oxygen atoms in total. The highest BCUT2D eigenvalue weighted by atomic mass is 127. The van der Waals surface area contributed by atoms with Crippen molar-refractivity contribution in [1.82, 2.24) is 10.6 Å². The van der Waals surface area contributed by atoms with Gasteiger partial charge in [-0.05, 0) is 44.6 Å². The number of hydrogen-bond acceptors (Lipinski definition) is 3. The maximum absolute atomic E-state index is 5.53. The first-order valence-corrected chi connectivity index (χ1v) is 9.33. The number of aliphatic imine (C=N–C) groups is 1. The maximum atomic E-state index is 5.53. The summed E-state index contributed by atoms with van der Waals surface area (Å²) in [4.78, 5) is 4.56. The van der Waals surface area contributed by atoms with Crippen LogP contribution in [0.4, 0.5) is 0 Å². The average Bonchev–Trinajstić information content (AvgIpc) is 2.46. The molecule has 0 amide bonds. The molecule has 0 saturated carbocycles. The summed E-state index contributed by atoms with van der Waals surface area (Å²) < 4.78 is 5.53. The standard InChI is InChI=1S/C15H33N3OS.HI/c1-4-6-12-19-13-9-11-18-15(16-5-2)17-10-7-8-14-20-3;/h4-14H2,1-3H3,(H2,16,17,18);1H. The number of ether oxygens (including phenoxy) is 1. The van der Waals surface area contributed by atoms with Crippen molar-refractivity contribution in [3.63, 3.8) is 0 Å². The van der Waals surface area contributed by atoms with Gasteiger partial charge in [0.1, 0.15) is 0 Å². The van der Waals surface area contributed by atoms with E-state index in [2.05, 4.69) is 35.7 Å². The molecular formula is C15H34IN3OS. The first-order valence-electron chi connectivity index (χ1n) is 7.94. The zero-order chi connectivity index (χ0) is 14.9. The number of thioether (sulfide) groups is 1. The van der Waals surface area contributed by atoms with Gasteiger partial charge in [-0.3, -0.25) is 4.99 Å². The molecule has 0 rings (SSSR count). The highest BCUT2D eigenvalue weighted by molar-refractivity contribution is 14.0. The summed E-state index contributed by atoms with van der Waals surface area (Å²) in [6, 6.07) is 0. The largest absolute Gasteiger partial charge is 0.381 e.